The van der Waals surface area contributed by atoms with Crippen LogP contribution in [0, 0.1) is 0 Å². The van der Waals surface area contributed by atoms with Crippen LogP contribution < -0.4 is 9.80 Å². The first-order valence-corrected chi connectivity index (χ1v) is 22.8. The highest BCUT2D eigenvalue weighted by atomic mass is 32.2. The van der Waals surface area contributed by atoms with Crippen molar-refractivity contribution in [3.8, 4) is 22.3 Å². The fourth-order valence-corrected chi connectivity index (χ4v) is 11.5. The number of rotatable bonds is 5. The zero-order chi connectivity index (χ0) is 41.4. The van der Waals surface area contributed by atoms with Crippen molar-refractivity contribution in [2.45, 2.75) is 48.4 Å². The standard InChI is InChI=1S/C59H46N2S/c1-59(2)53-34-39(22-30-51(53)52-32-29-47(37-54(52)59)60-33-11-14-41-12-3-7-17-55(41)60)21-23-40-27-31-49(50-16-6-5-15-48(40)50)44-25-24-43-36-46(28-26-42(43)35-44)61-38-45-13-4-9-19-57(45)62-58-20-10-8-18-56(58)61/h3-10,12-13,15-32,34-37H,11,14,33,38H2,1-2H3. The van der Waals surface area contributed by atoms with E-state index in [9.17, 15) is 0 Å². The van der Waals surface area contributed by atoms with Crippen LogP contribution in [0.15, 0.2) is 192 Å². The Morgan fingerprint density at radius 1 is 0.500 bits per heavy atom. The molecular formula is C59H46N2S. The highest BCUT2D eigenvalue weighted by Crippen LogP contribution is 2.51. The second-order valence-corrected chi connectivity index (χ2v) is 18.7. The van der Waals surface area contributed by atoms with Gasteiger partial charge in [-0.2, -0.15) is 0 Å². The van der Waals surface area contributed by atoms with Crippen molar-refractivity contribution in [1.29, 1.82) is 0 Å². The van der Waals surface area contributed by atoms with Gasteiger partial charge in [-0.3, -0.25) is 0 Å². The first-order chi connectivity index (χ1) is 30.5. The Balaban J connectivity index is 0.833. The fraction of sp³-hybridized carbons (Fsp3) is 0.119. The Hall–Kier alpha value is -6.81. The van der Waals surface area contributed by atoms with Crippen LogP contribution in [0.2, 0.25) is 0 Å². The van der Waals surface area contributed by atoms with Gasteiger partial charge in [0.1, 0.15) is 0 Å². The normalized spacial score (nSPS) is 14.9. The summed E-state index contributed by atoms with van der Waals surface area (Å²) < 4.78 is 0. The third kappa shape index (κ3) is 6.17. The molecule has 0 spiro atoms. The van der Waals surface area contributed by atoms with Crippen molar-refractivity contribution in [2.75, 3.05) is 16.3 Å². The van der Waals surface area contributed by atoms with Gasteiger partial charge in [-0.05, 0) is 145 Å². The third-order valence-electron chi connectivity index (χ3n) is 13.6. The van der Waals surface area contributed by atoms with Gasteiger partial charge in [-0.1, -0.05) is 165 Å². The van der Waals surface area contributed by atoms with Crippen molar-refractivity contribution >= 4 is 68.2 Å². The molecule has 9 aromatic carbocycles. The van der Waals surface area contributed by atoms with Gasteiger partial charge in [0.2, 0.25) is 0 Å². The monoisotopic (exact) mass is 814 g/mol. The molecule has 0 N–H and O–H groups in total. The minimum atomic E-state index is -0.0979. The Labute approximate surface area is 368 Å². The summed E-state index contributed by atoms with van der Waals surface area (Å²) in [7, 11) is 0. The molecule has 0 fully saturated rings. The average Bonchev–Trinajstić information content (AvgIpc) is 3.42. The highest BCUT2D eigenvalue weighted by Gasteiger charge is 2.36. The minimum absolute atomic E-state index is 0.0979. The van der Waals surface area contributed by atoms with E-state index in [-0.39, 0.29) is 5.41 Å². The molecule has 0 saturated carbocycles. The minimum Gasteiger partial charge on any atom is -0.341 e. The van der Waals surface area contributed by atoms with E-state index in [2.05, 4.69) is 218 Å². The lowest BCUT2D eigenvalue weighted by molar-refractivity contribution is 0.659. The molecule has 0 amide bonds. The summed E-state index contributed by atoms with van der Waals surface area (Å²) in [6.07, 6.45) is 6.93. The molecule has 0 atom stereocenters. The molecule has 3 heteroatoms. The van der Waals surface area contributed by atoms with Crippen LogP contribution in [0.5, 0.6) is 0 Å². The van der Waals surface area contributed by atoms with E-state index < -0.39 is 0 Å². The Morgan fingerprint density at radius 3 is 2.05 bits per heavy atom. The van der Waals surface area contributed by atoms with E-state index in [1.54, 1.807) is 0 Å². The molecular weight excluding hydrogens is 769 g/mol. The van der Waals surface area contributed by atoms with Gasteiger partial charge >= 0.3 is 0 Å². The Bertz CT molecular complexity index is 3280. The van der Waals surface area contributed by atoms with Gasteiger partial charge in [0.15, 0.2) is 0 Å². The van der Waals surface area contributed by atoms with Gasteiger partial charge < -0.3 is 9.80 Å². The Kier molecular flexibility index (Phi) is 8.76. The summed E-state index contributed by atoms with van der Waals surface area (Å²) >= 11 is 1.87. The number of hydrogen-bond acceptors (Lipinski definition) is 3. The van der Waals surface area contributed by atoms with Gasteiger partial charge in [0.05, 0.1) is 5.69 Å². The van der Waals surface area contributed by atoms with Crippen LogP contribution in [0.1, 0.15) is 53.6 Å². The molecule has 0 unspecified atom stereocenters. The van der Waals surface area contributed by atoms with E-state index in [0.29, 0.717) is 0 Å². The predicted octanol–water partition coefficient (Wildman–Crippen LogP) is 16.0. The van der Waals surface area contributed by atoms with Crippen LogP contribution in [0.3, 0.4) is 0 Å². The van der Waals surface area contributed by atoms with Crippen LogP contribution in [-0.4, -0.2) is 6.54 Å². The summed E-state index contributed by atoms with van der Waals surface area (Å²) in [6.45, 7) is 6.68. The maximum atomic E-state index is 2.52. The molecule has 0 radical (unpaired) electrons. The largest absolute Gasteiger partial charge is 0.341 e. The fourth-order valence-electron chi connectivity index (χ4n) is 10.4. The van der Waals surface area contributed by atoms with E-state index in [4.69, 9.17) is 0 Å². The first-order valence-electron chi connectivity index (χ1n) is 22.0. The molecule has 0 bridgehead atoms. The molecule has 0 aromatic heterocycles. The second kappa shape index (κ2) is 14.7. The number of benzene rings is 9. The van der Waals surface area contributed by atoms with Gasteiger partial charge in [0, 0.05) is 45.4 Å². The predicted molar refractivity (Wildman–Crippen MR) is 264 cm³/mol. The van der Waals surface area contributed by atoms with E-state index in [1.165, 1.54) is 116 Å². The van der Waals surface area contributed by atoms with Crippen molar-refractivity contribution in [3.05, 3.63) is 215 Å². The summed E-state index contributed by atoms with van der Waals surface area (Å²) in [4.78, 5) is 7.60. The van der Waals surface area contributed by atoms with E-state index in [1.807, 2.05) is 11.8 Å². The van der Waals surface area contributed by atoms with Crippen LogP contribution >= 0.6 is 11.8 Å². The number of fused-ring (bicyclic) bond motifs is 8. The number of anilines is 4. The number of nitrogens with zero attached hydrogens (tertiary/aromatic N) is 2. The van der Waals surface area contributed by atoms with Crippen molar-refractivity contribution < 1.29 is 0 Å². The molecule has 0 saturated heterocycles. The second-order valence-electron chi connectivity index (χ2n) is 17.6. The SMILES string of the molecule is CC1(C)c2cc(C=Cc3ccc(-c4ccc5cc(N6Cc7ccccc7Sc7ccccc76)ccc5c4)c4ccccc34)ccc2-c2ccc(N3CCCc4ccccc43)cc21. The highest BCUT2D eigenvalue weighted by molar-refractivity contribution is 7.99. The summed E-state index contributed by atoms with van der Waals surface area (Å²) in [5.41, 5.74) is 18.3. The quantitative estimate of drug-likeness (QED) is 0.160. The lowest BCUT2D eigenvalue weighted by atomic mass is 9.81. The summed E-state index contributed by atoms with van der Waals surface area (Å²) in [5.74, 6) is 0. The lowest BCUT2D eigenvalue weighted by Gasteiger charge is -2.32. The topological polar surface area (TPSA) is 6.48 Å². The van der Waals surface area contributed by atoms with Crippen molar-refractivity contribution in [1.82, 2.24) is 0 Å². The van der Waals surface area contributed by atoms with Crippen molar-refractivity contribution in [2.24, 2.45) is 0 Å². The van der Waals surface area contributed by atoms with Crippen molar-refractivity contribution in [3.63, 3.8) is 0 Å². The molecule has 3 aliphatic rings. The van der Waals surface area contributed by atoms with Gasteiger partial charge in [-0.15, -0.1) is 0 Å². The molecule has 2 nitrogen and oxygen atoms in total. The lowest BCUT2D eigenvalue weighted by Crippen LogP contribution is -2.25. The van der Waals surface area contributed by atoms with Gasteiger partial charge in [0.25, 0.3) is 0 Å². The van der Waals surface area contributed by atoms with E-state index in [0.717, 1.165) is 19.5 Å². The van der Waals surface area contributed by atoms with Gasteiger partial charge in [-0.25, -0.2) is 0 Å². The number of aryl methyl sites for hydroxylation is 1. The summed E-state index contributed by atoms with van der Waals surface area (Å²) in [5, 5.41) is 5.01. The molecule has 1 aliphatic carbocycles. The Morgan fingerprint density at radius 2 is 1.16 bits per heavy atom. The third-order valence-corrected chi connectivity index (χ3v) is 14.8. The number of para-hydroxylation sites is 2. The van der Waals surface area contributed by atoms with Crippen LogP contribution in [0.25, 0.3) is 56.0 Å². The average molecular weight is 815 g/mol. The molecule has 12 rings (SSSR count). The zero-order valence-electron chi connectivity index (χ0n) is 35.1. The van der Waals surface area contributed by atoms with E-state index >= 15 is 0 Å². The number of hydrogen-bond donors (Lipinski definition) is 0. The molecule has 9 aromatic rings. The molecule has 62 heavy (non-hydrogen) atoms. The molecule has 2 heterocycles. The summed E-state index contributed by atoms with van der Waals surface area (Å²) in [6, 6.07) is 68.0. The first kappa shape index (κ1) is 37.0. The smallest absolute Gasteiger partial charge is 0.0555 e. The van der Waals surface area contributed by atoms with Crippen LogP contribution in [-0.2, 0) is 18.4 Å². The zero-order valence-corrected chi connectivity index (χ0v) is 35.9. The molecule has 2 aliphatic heterocycles. The maximum Gasteiger partial charge on any atom is 0.0555 e. The van der Waals surface area contributed by atoms with Crippen LogP contribution in [0.4, 0.5) is 22.7 Å². The molecule has 298 valence electrons. The maximum absolute atomic E-state index is 2.52.